The van der Waals surface area contributed by atoms with Crippen LogP contribution in [-0.4, -0.2) is 42.9 Å². The van der Waals surface area contributed by atoms with E-state index in [0.717, 1.165) is 49.4 Å². The van der Waals surface area contributed by atoms with Gasteiger partial charge in [0.05, 0.1) is 12.8 Å². The summed E-state index contributed by atoms with van der Waals surface area (Å²) in [5.41, 5.74) is 2.87. The molecule has 1 saturated heterocycles. The maximum absolute atomic E-state index is 12.3. The number of fused-ring (bicyclic) bond motifs is 1. The monoisotopic (exact) mass is 273 g/mol. The molecule has 5 heteroatoms. The second-order valence-electron chi connectivity index (χ2n) is 5.38. The maximum atomic E-state index is 12.3. The number of hydrogen-bond acceptors (Lipinski definition) is 3. The van der Waals surface area contributed by atoms with Gasteiger partial charge in [0, 0.05) is 25.3 Å². The molecule has 0 aliphatic carbocycles. The van der Waals surface area contributed by atoms with Crippen molar-refractivity contribution in [1.29, 1.82) is 0 Å². The molecule has 2 N–H and O–H groups in total. The molecular formula is C15H19N3O2. The molecule has 0 unspecified atom stereocenters. The molecule has 1 aromatic rings. The Morgan fingerprint density at radius 3 is 3.05 bits per heavy atom. The SMILES string of the molecule is O=C1Cc2cc(CC(=O)N3CCCNCC3)ccc2N1. The highest BCUT2D eigenvalue weighted by Crippen LogP contribution is 2.24. The highest BCUT2D eigenvalue weighted by molar-refractivity contribution is 5.99. The fourth-order valence-electron chi connectivity index (χ4n) is 2.77. The molecule has 1 aromatic carbocycles. The Hall–Kier alpha value is -1.88. The lowest BCUT2D eigenvalue weighted by Gasteiger charge is -2.20. The van der Waals surface area contributed by atoms with Crippen LogP contribution >= 0.6 is 0 Å². The van der Waals surface area contributed by atoms with Crippen LogP contribution < -0.4 is 10.6 Å². The third-order valence-electron chi connectivity index (χ3n) is 3.84. The van der Waals surface area contributed by atoms with E-state index < -0.39 is 0 Å². The van der Waals surface area contributed by atoms with Crippen LogP contribution in [0.1, 0.15) is 17.5 Å². The Kier molecular flexibility index (Phi) is 3.69. The molecule has 0 spiro atoms. The van der Waals surface area contributed by atoms with Crippen LogP contribution in [0.15, 0.2) is 18.2 Å². The van der Waals surface area contributed by atoms with Gasteiger partial charge in [-0.15, -0.1) is 0 Å². The maximum Gasteiger partial charge on any atom is 0.228 e. The van der Waals surface area contributed by atoms with Crippen LogP contribution in [0.2, 0.25) is 0 Å². The number of carbonyl (C=O) groups excluding carboxylic acids is 2. The molecule has 0 radical (unpaired) electrons. The molecule has 2 amide bonds. The first-order valence-corrected chi connectivity index (χ1v) is 7.12. The number of anilines is 1. The average molecular weight is 273 g/mol. The molecule has 2 heterocycles. The molecule has 2 aliphatic rings. The summed E-state index contributed by atoms with van der Waals surface area (Å²) >= 11 is 0. The first-order chi connectivity index (χ1) is 9.72. The molecule has 1 fully saturated rings. The van der Waals surface area contributed by atoms with E-state index in [-0.39, 0.29) is 11.8 Å². The van der Waals surface area contributed by atoms with E-state index in [0.29, 0.717) is 12.8 Å². The molecular weight excluding hydrogens is 254 g/mol. The lowest BCUT2D eigenvalue weighted by Crippen LogP contribution is -2.35. The first-order valence-electron chi connectivity index (χ1n) is 7.12. The molecule has 3 rings (SSSR count). The van der Waals surface area contributed by atoms with Crippen LogP contribution in [0.3, 0.4) is 0 Å². The number of carbonyl (C=O) groups is 2. The Morgan fingerprint density at radius 2 is 2.15 bits per heavy atom. The second-order valence-corrected chi connectivity index (χ2v) is 5.38. The van der Waals surface area contributed by atoms with Crippen molar-refractivity contribution in [3.05, 3.63) is 29.3 Å². The fraction of sp³-hybridized carbons (Fsp3) is 0.467. The largest absolute Gasteiger partial charge is 0.341 e. The van der Waals surface area contributed by atoms with Crippen LogP contribution in [0.5, 0.6) is 0 Å². The zero-order valence-corrected chi connectivity index (χ0v) is 11.4. The third-order valence-corrected chi connectivity index (χ3v) is 3.84. The van der Waals surface area contributed by atoms with Crippen molar-refractivity contribution in [2.24, 2.45) is 0 Å². The van der Waals surface area contributed by atoms with Crippen LogP contribution in [0, 0.1) is 0 Å². The Morgan fingerprint density at radius 1 is 1.25 bits per heavy atom. The minimum Gasteiger partial charge on any atom is -0.341 e. The summed E-state index contributed by atoms with van der Waals surface area (Å²) in [5.74, 6) is 0.202. The summed E-state index contributed by atoms with van der Waals surface area (Å²) in [7, 11) is 0. The first kappa shape index (κ1) is 13.1. The lowest BCUT2D eigenvalue weighted by atomic mass is 10.1. The van der Waals surface area contributed by atoms with Gasteiger partial charge in [0.1, 0.15) is 0 Å². The standard InChI is InChI=1S/C15H19N3O2/c19-14-10-12-8-11(2-3-13(12)17-14)9-15(20)18-6-1-4-16-5-7-18/h2-3,8,16H,1,4-7,9-10H2,(H,17,19). The highest BCUT2D eigenvalue weighted by Gasteiger charge is 2.19. The van der Waals surface area contributed by atoms with Gasteiger partial charge >= 0.3 is 0 Å². The zero-order valence-electron chi connectivity index (χ0n) is 11.4. The van der Waals surface area contributed by atoms with Crippen molar-refractivity contribution in [1.82, 2.24) is 10.2 Å². The number of rotatable bonds is 2. The molecule has 0 saturated carbocycles. The van der Waals surface area contributed by atoms with E-state index in [9.17, 15) is 9.59 Å². The molecule has 0 aromatic heterocycles. The predicted octanol–water partition coefficient (Wildman–Crippen LogP) is 0.546. The molecule has 2 aliphatic heterocycles. The minimum absolute atomic E-state index is 0.0297. The van der Waals surface area contributed by atoms with Crippen LogP contribution in [0.4, 0.5) is 5.69 Å². The number of nitrogens with zero attached hydrogens (tertiary/aromatic N) is 1. The van der Waals surface area contributed by atoms with E-state index in [1.54, 1.807) is 0 Å². The van der Waals surface area contributed by atoms with Gasteiger partial charge in [-0.3, -0.25) is 9.59 Å². The van der Waals surface area contributed by atoms with E-state index in [1.807, 2.05) is 23.1 Å². The molecule has 0 atom stereocenters. The number of benzene rings is 1. The fourth-order valence-corrected chi connectivity index (χ4v) is 2.77. The van der Waals surface area contributed by atoms with Crippen molar-refractivity contribution in [3.63, 3.8) is 0 Å². The van der Waals surface area contributed by atoms with E-state index in [4.69, 9.17) is 0 Å². The van der Waals surface area contributed by atoms with Gasteiger partial charge in [-0.05, 0) is 30.2 Å². The Labute approximate surface area is 118 Å². The zero-order chi connectivity index (χ0) is 13.9. The molecule has 20 heavy (non-hydrogen) atoms. The summed E-state index contributed by atoms with van der Waals surface area (Å²) in [6.45, 7) is 3.46. The summed E-state index contributed by atoms with van der Waals surface area (Å²) in [4.78, 5) is 25.6. The molecule has 5 nitrogen and oxygen atoms in total. The number of amides is 2. The second kappa shape index (κ2) is 5.63. The summed E-state index contributed by atoms with van der Waals surface area (Å²) in [5, 5.41) is 6.10. The van der Waals surface area contributed by atoms with Gasteiger partial charge < -0.3 is 15.5 Å². The van der Waals surface area contributed by atoms with Gasteiger partial charge in [0.2, 0.25) is 11.8 Å². The minimum atomic E-state index is 0.0297. The molecule has 0 bridgehead atoms. The molecule has 106 valence electrons. The topological polar surface area (TPSA) is 61.4 Å². The van der Waals surface area contributed by atoms with Crippen LogP contribution in [-0.2, 0) is 22.4 Å². The summed E-state index contributed by atoms with van der Waals surface area (Å²) in [6, 6.07) is 5.80. The van der Waals surface area contributed by atoms with Gasteiger partial charge in [0.15, 0.2) is 0 Å². The van der Waals surface area contributed by atoms with E-state index in [1.165, 1.54) is 0 Å². The van der Waals surface area contributed by atoms with Gasteiger partial charge in [0.25, 0.3) is 0 Å². The van der Waals surface area contributed by atoms with Crippen molar-refractivity contribution >= 4 is 17.5 Å². The van der Waals surface area contributed by atoms with Crippen molar-refractivity contribution < 1.29 is 9.59 Å². The van der Waals surface area contributed by atoms with Crippen molar-refractivity contribution in [2.75, 3.05) is 31.5 Å². The van der Waals surface area contributed by atoms with Crippen LogP contribution in [0.25, 0.3) is 0 Å². The van der Waals surface area contributed by atoms with Gasteiger partial charge in [-0.25, -0.2) is 0 Å². The highest BCUT2D eigenvalue weighted by atomic mass is 16.2. The quantitative estimate of drug-likeness (QED) is 0.827. The smallest absolute Gasteiger partial charge is 0.228 e. The predicted molar refractivity (Wildman–Crippen MR) is 76.5 cm³/mol. The summed E-state index contributed by atoms with van der Waals surface area (Å²) < 4.78 is 0. The summed E-state index contributed by atoms with van der Waals surface area (Å²) in [6.07, 6.45) is 1.85. The number of nitrogens with one attached hydrogen (secondary N) is 2. The average Bonchev–Trinajstić information content (AvgIpc) is 2.64. The van der Waals surface area contributed by atoms with Gasteiger partial charge in [-0.2, -0.15) is 0 Å². The Bertz CT molecular complexity index is 534. The Balaban J connectivity index is 1.67. The van der Waals surface area contributed by atoms with Crippen molar-refractivity contribution in [2.45, 2.75) is 19.3 Å². The van der Waals surface area contributed by atoms with E-state index in [2.05, 4.69) is 10.6 Å². The van der Waals surface area contributed by atoms with Gasteiger partial charge in [-0.1, -0.05) is 12.1 Å². The van der Waals surface area contributed by atoms with Crippen molar-refractivity contribution in [3.8, 4) is 0 Å². The number of hydrogen-bond donors (Lipinski definition) is 2. The lowest BCUT2D eigenvalue weighted by molar-refractivity contribution is -0.130. The van der Waals surface area contributed by atoms with E-state index >= 15 is 0 Å². The third kappa shape index (κ3) is 2.82. The normalized spacial score (nSPS) is 18.4.